The van der Waals surface area contributed by atoms with Crippen LogP contribution >= 0.6 is 0 Å². The molecule has 0 spiro atoms. The van der Waals surface area contributed by atoms with E-state index in [2.05, 4.69) is 10.1 Å². The molecule has 0 aliphatic carbocycles. The van der Waals surface area contributed by atoms with Crippen LogP contribution in [0.3, 0.4) is 0 Å². The maximum atomic E-state index is 15.0. The van der Waals surface area contributed by atoms with Crippen molar-refractivity contribution in [3.05, 3.63) is 66.1 Å². The summed E-state index contributed by atoms with van der Waals surface area (Å²) in [6.07, 6.45) is 5.23. The second-order valence-electron chi connectivity index (χ2n) is 7.64. The lowest BCUT2D eigenvalue weighted by molar-refractivity contribution is 0.0332. The van der Waals surface area contributed by atoms with E-state index in [-0.39, 0.29) is 12.1 Å². The normalized spacial score (nSPS) is 14.9. The fourth-order valence-electron chi connectivity index (χ4n) is 3.85. The molecule has 5 rings (SSSR count). The summed E-state index contributed by atoms with van der Waals surface area (Å²) >= 11 is 0. The number of para-hydroxylation sites is 1. The van der Waals surface area contributed by atoms with Gasteiger partial charge < -0.3 is 4.74 Å². The lowest BCUT2D eigenvalue weighted by atomic mass is 10.0. The molecule has 6 nitrogen and oxygen atoms in total. The molecule has 8 heteroatoms. The Hall–Kier alpha value is -3.23. The second-order valence-corrected chi connectivity index (χ2v) is 7.64. The molecule has 0 atom stereocenters. The molecule has 31 heavy (non-hydrogen) atoms. The van der Waals surface area contributed by atoms with Crippen molar-refractivity contribution in [1.82, 2.24) is 24.6 Å². The van der Waals surface area contributed by atoms with Crippen LogP contribution in [0.5, 0.6) is 0 Å². The fraction of sp³-hybridized carbons (Fsp3) is 0.261. The molecule has 0 bridgehead atoms. The summed E-state index contributed by atoms with van der Waals surface area (Å²) < 4.78 is 36.9. The van der Waals surface area contributed by atoms with Gasteiger partial charge in [0, 0.05) is 49.6 Å². The van der Waals surface area contributed by atoms with E-state index in [9.17, 15) is 8.78 Å². The van der Waals surface area contributed by atoms with Crippen LogP contribution in [0.15, 0.2) is 48.9 Å². The second kappa shape index (κ2) is 8.13. The summed E-state index contributed by atoms with van der Waals surface area (Å²) in [5.41, 5.74) is 3.86. The predicted molar refractivity (Wildman–Crippen MR) is 113 cm³/mol. The molecule has 1 aliphatic rings. The molecule has 0 unspecified atom stereocenters. The van der Waals surface area contributed by atoms with Crippen molar-refractivity contribution in [2.24, 2.45) is 7.05 Å². The Morgan fingerprint density at radius 1 is 1.03 bits per heavy atom. The van der Waals surface area contributed by atoms with Crippen LogP contribution in [0.2, 0.25) is 0 Å². The number of ether oxygens (including phenoxy) is 1. The average molecular weight is 421 g/mol. The van der Waals surface area contributed by atoms with Gasteiger partial charge in [-0.25, -0.2) is 13.8 Å². The molecule has 0 N–H and O–H groups in total. The molecule has 158 valence electrons. The van der Waals surface area contributed by atoms with E-state index in [4.69, 9.17) is 9.72 Å². The van der Waals surface area contributed by atoms with Gasteiger partial charge in [0.25, 0.3) is 0 Å². The molecule has 0 radical (unpaired) electrons. The summed E-state index contributed by atoms with van der Waals surface area (Å²) in [6, 6.07) is 8.21. The molecule has 1 saturated heterocycles. The Bertz CT molecular complexity index is 1230. The number of halogens is 2. The summed E-state index contributed by atoms with van der Waals surface area (Å²) in [6.45, 7) is 2.71. The molecule has 0 amide bonds. The molecule has 1 fully saturated rings. The first kappa shape index (κ1) is 19.7. The molecule has 0 saturated carbocycles. The van der Waals surface area contributed by atoms with Crippen molar-refractivity contribution in [1.29, 1.82) is 0 Å². The summed E-state index contributed by atoms with van der Waals surface area (Å²) in [5.74, 6) is -1.12. The number of nitrogens with zero attached hydrogens (tertiary/aromatic N) is 5. The van der Waals surface area contributed by atoms with Gasteiger partial charge in [-0.2, -0.15) is 5.10 Å². The zero-order valence-corrected chi connectivity index (χ0v) is 17.1. The highest BCUT2D eigenvalue weighted by molar-refractivity contribution is 5.92. The Morgan fingerprint density at radius 3 is 2.52 bits per heavy atom. The van der Waals surface area contributed by atoms with Crippen LogP contribution < -0.4 is 0 Å². The first-order valence-electron chi connectivity index (χ1n) is 10.1. The summed E-state index contributed by atoms with van der Waals surface area (Å²) in [7, 11) is 1.83. The molecule has 2 aromatic carbocycles. The Balaban J connectivity index is 1.55. The number of hydrogen-bond donors (Lipinski definition) is 0. The number of aromatic nitrogens is 4. The van der Waals surface area contributed by atoms with Gasteiger partial charge in [0.1, 0.15) is 11.6 Å². The van der Waals surface area contributed by atoms with Crippen LogP contribution in [-0.2, 0) is 18.3 Å². The van der Waals surface area contributed by atoms with Crippen molar-refractivity contribution in [3.63, 3.8) is 0 Å². The fourth-order valence-corrected chi connectivity index (χ4v) is 3.85. The van der Waals surface area contributed by atoms with Crippen LogP contribution in [-0.4, -0.2) is 51.0 Å². The van der Waals surface area contributed by atoms with Gasteiger partial charge in [-0.05, 0) is 23.8 Å². The number of benzene rings is 2. The van der Waals surface area contributed by atoms with E-state index < -0.39 is 11.6 Å². The zero-order chi connectivity index (χ0) is 21.4. The van der Waals surface area contributed by atoms with Crippen molar-refractivity contribution in [2.45, 2.75) is 6.54 Å². The standard InChI is InChI=1S/C23H21F2N5O/c1-29-13-16(11-27-29)22-12-26-21-4-2-3-17(23(21)28-22)15-9-19(24)18(20(25)10-15)14-30-5-7-31-8-6-30/h2-4,9-13H,5-8,14H2,1H3. The molecule has 4 aromatic rings. The molecular formula is C23H21F2N5O. The highest BCUT2D eigenvalue weighted by Crippen LogP contribution is 2.31. The number of aryl methyl sites for hydroxylation is 1. The van der Waals surface area contributed by atoms with E-state index in [1.54, 1.807) is 23.1 Å². The summed E-state index contributed by atoms with van der Waals surface area (Å²) in [4.78, 5) is 11.2. The Labute approximate surface area is 178 Å². The van der Waals surface area contributed by atoms with E-state index in [0.29, 0.717) is 54.2 Å². The van der Waals surface area contributed by atoms with Gasteiger partial charge in [0.15, 0.2) is 0 Å². The van der Waals surface area contributed by atoms with E-state index in [1.807, 2.05) is 30.3 Å². The first-order chi connectivity index (χ1) is 15.1. The smallest absolute Gasteiger partial charge is 0.131 e. The number of hydrogen-bond acceptors (Lipinski definition) is 5. The predicted octanol–water partition coefficient (Wildman–Crippen LogP) is 3.81. The first-order valence-corrected chi connectivity index (χ1v) is 10.1. The maximum absolute atomic E-state index is 15.0. The van der Waals surface area contributed by atoms with E-state index in [0.717, 1.165) is 5.56 Å². The topological polar surface area (TPSA) is 56.1 Å². The van der Waals surface area contributed by atoms with Crippen molar-refractivity contribution in [3.8, 4) is 22.4 Å². The van der Waals surface area contributed by atoms with Crippen LogP contribution in [0.1, 0.15) is 5.56 Å². The van der Waals surface area contributed by atoms with Gasteiger partial charge >= 0.3 is 0 Å². The SMILES string of the molecule is Cn1cc(-c2cnc3cccc(-c4cc(F)c(CN5CCOCC5)c(F)c4)c3n2)cn1. The summed E-state index contributed by atoms with van der Waals surface area (Å²) in [5, 5.41) is 4.17. The van der Waals surface area contributed by atoms with Crippen LogP contribution in [0.4, 0.5) is 8.78 Å². The van der Waals surface area contributed by atoms with Crippen molar-refractivity contribution >= 4 is 11.0 Å². The molecular weight excluding hydrogens is 400 g/mol. The van der Waals surface area contributed by atoms with Gasteiger partial charge in [-0.3, -0.25) is 14.6 Å². The third-order valence-corrected chi connectivity index (χ3v) is 5.51. The molecule has 2 aromatic heterocycles. The molecule has 1 aliphatic heterocycles. The van der Waals surface area contributed by atoms with E-state index in [1.165, 1.54) is 12.1 Å². The zero-order valence-electron chi connectivity index (χ0n) is 17.1. The van der Waals surface area contributed by atoms with Crippen molar-refractivity contribution in [2.75, 3.05) is 26.3 Å². The number of rotatable bonds is 4. The van der Waals surface area contributed by atoms with Gasteiger partial charge in [0.05, 0.1) is 42.3 Å². The highest BCUT2D eigenvalue weighted by Gasteiger charge is 2.19. The quantitative estimate of drug-likeness (QED) is 0.502. The van der Waals surface area contributed by atoms with Gasteiger partial charge in [-0.1, -0.05) is 12.1 Å². The minimum atomic E-state index is -0.560. The third kappa shape index (κ3) is 3.92. The average Bonchev–Trinajstić information content (AvgIpc) is 3.22. The number of fused-ring (bicyclic) bond motifs is 1. The number of morpholine rings is 1. The Morgan fingerprint density at radius 2 is 1.81 bits per heavy atom. The lowest BCUT2D eigenvalue weighted by Crippen LogP contribution is -2.36. The highest BCUT2D eigenvalue weighted by atomic mass is 19.1. The molecule has 3 heterocycles. The Kier molecular flexibility index (Phi) is 5.17. The van der Waals surface area contributed by atoms with Gasteiger partial charge in [-0.15, -0.1) is 0 Å². The van der Waals surface area contributed by atoms with Crippen molar-refractivity contribution < 1.29 is 13.5 Å². The lowest BCUT2D eigenvalue weighted by Gasteiger charge is -2.27. The minimum absolute atomic E-state index is 0.0769. The minimum Gasteiger partial charge on any atom is -0.379 e. The maximum Gasteiger partial charge on any atom is 0.131 e. The van der Waals surface area contributed by atoms with Crippen LogP contribution in [0, 0.1) is 11.6 Å². The largest absolute Gasteiger partial charge is 0.379 e. The van der Waals surface area contributed by atoms with Crippen LogP contribution in [0.25, 0.3) is 33.4 Å². The van der Waals surface area contributed by atoms with Gasteiger partial charge in [0.2, 0.25) is 0 Å². The third-order valence-electron chi connectivity index (χ3n) is 5.51. The van der Waals surface area contributed by atoms with E-state index >= 15 is 0 Å². The monoisotopic (exact) mass is 421 g/mol.